The zero-order valence-electron chi connectivity index (χ0n) is 12.9. The highest BCUT2D eigenvalue weighted by molar-refractivity contribution is 6.29. The van der Waals surface area contributed by atoms with Gasteiger partial charge in [0.1, 0.15) is 16.8 Å². The lowest BCUT2D eigenvalue weighted by molar-refractivity contribution is -0.130. The number of carbonyl (C=O) groups is 2. The topological polar surface area (TPSA) is 71.5 Å². The van der Waals surface area contributed by atoms with Crippen molar-refractivity contribution < 1.29 is 14.3 Å². The zero-order chi connectivity index (χ0) is 16.3. The number of hydrogen-bond donors (Lipinski definition) is 1. The molecule has 1 fully saturated rings. The van der Waals surface area contributed by atoms with Gasteiger partial charge in [-0.3, -0.25) is 9.69 Å². The molecule has 0 saturated carbocycles. The highest BCUT2D eigenvalue weighted by atomic mass is 35.5. The van der Waals surface area contributed by atoms with E-state index in [9.17, 15) is 9.59 Å². The molecule has 0 spiro atoms. The third-order valence-corrected chi connectivity index (χ3v) is 3.41. The Labute approximate surface area is 134 Å². The van der Waals surface area contributed by atoms with Crippen LogP contribution in [0.4, 0.5) is 4.79 Å². The number of halogens is 1. The summed E-state index contributed by atoms with van der Waals surface area (Å²) >= 11 is 5.79. The van der Waals surface area contributed by atoms with Gasteiger partial charge in [-0.1, -0.05) is 11.6 Å². The Morgan fingerprint density at radius 2 is 2.23 bits per heavy atom. The molecule has 1 aliphatic rings. The number of likely N-dealkylation sites (tertiary alicyclic amines) is 1. The number of carbonyl (C=O) groups excluding carboxylic acids is 2. The molecule has 1 aliphatic heterocycles. The van der Waals surface area contributed by atoms with E-state index in [4.69, 9.17) is 16.3 Å². The van der Waals surface area contributed by atoms with Crippen LogP contribution < -0.4 is 5.32 Å². The number of hydrogen-bond acceptors (Lipinski definition) is 4. The molecule has 0 aliphatic carbocycles. The summed E-state index contributed by atoms with van der Waals surface area (Å²) in [6.07, 6.45) is 1.77. The van der Waals surface area contributed by atoms with Crippen LogP contribution in [0.25, 0.3) is 0 Å². The zero-order valence-corrected chi connectivity index (χ0v) is 13.7. The van der Waals surface area contributed by atoms with E-state index in [2.05, 4.69) is 10.3 Å². The van der Waals surface area contributed by atoms with Crippen LogP contribution in [-0.4, -0.2) is 40.1 Å². The van der Waals surface area contributed by atoms with E-state index >= 15 is 0 Å². The molecule has 120 valence electrons. The molecule has 1 aromatic rings. The first kappa shape index (κ1) is 16.5. The SMILES string of the molecule is CC(C)(C)OC(=O)N1CC[C@@H]1C(=O)NCc1ccnc(Cl)c1. The molecule has 22 heavy (non-hydrogen) atoms. The van der Waals surface area contributed by atoms with Crippen molar-refractivity contribution in [1.82, 2.24) is 15.2 Å². The Balaban J connectivity index is 1.86. The van der Waals surface area contributed by atoms with Crippen molar-refractivity contribution >= 4 is 23.6 Å². The number of aromatic nitrogens is 1. The standard InChI is InChI=1S/C15H20ClN3O3/c1-15(2,3)22-14(21)19-7-5-11(19)13(20)18-9-10-4-6-17-12(16)8-10/h4,6,8,11H,5,7,9H2,1-3H3,(H,18,20)/t11-/m1/s1. The lowest BCUT2D eigenvalue weighted by Crippen LogP contribution is -2.59. The fourth-order valence-electron chi connectivity index (χ4n) is 2.06. The van der Waals surface area contributed by atoms with Crippen LogP contribution in [0, 0.1) is 0 Å². The van der Waals surface area contributed by atoms with E-state index in [0.717, 1.165) is 5.56 Å². The molecule has 1 atom stereocenters. The molecule has 2 heterocycles. The molecule has 0 unspecified atom stereocenters. The minimum atomic E-state index is -0.568. The van der Waals surface area contributed by atoms with Crippen LogP contribution in [0.15, 0.2) is 18.3 Å². The molecule has 2 rings (SSSR count). The van der Waals surface area contributed by atoms with E-state index < -0.39 is 17.7 Å². The fraction of sp³-hybridized carbons (Fsp3) is 0.533. The van der Waals surface area contributed by atoms with E-state index in [0.29, 0.717) is 24.7 Å². The van der Waals surface area contributed by atoms with Gasteiger partial charge in [-0.2, -0.15) is 0 Å². The summed E-state index contributed by atoms with van der Waals surface area (Å²) in [4.78, 5) is 29.5. The van der Waals surface area contributed by atoms with Crippen LogP contribution in [0.3, 0.4) is 0 Å². The second-order valence-electron chi connectivity index (χ2n) is 6.18. The smallest absolute Gasteiger partial charge is 0.410 e. The minimum Gasteiger partial charge on any atom is -0.444 e. The summed E-state index contributed by atoms with van der Waals surface area (Å²) in [5.41, 5.74) is 0.290. The van der Waals surface area contributed by atoms with Crippen LogP contribution in [-0.2, 0) is 16.1 Å². The molecular weight excluding hydrogens is 306 g/mol. The first-order valence-corrected chi connectivity index (χ1v) is 7.52. The van der Waals surface area contributed by atoms with Crippen molar-refractivity contribution in [2.45, 2.75) is 45.4 Å². The van der Waals surface area contributed by atoms with Gasteiger partial charge in [0.15, 0.2) is 0 Å². The van der Waals surface area contributed by atoms with Crippen LogP contribution in [0.5, 0.6) is 0 Å². The van der Waals surface area contributed by atoms with Gasteiger partial charge in [-0.25, -0.2) is 9.78 Å². The normalized spacial score (nSPS) is 17.6. The Hall–Kier alpha value is -1.82. The third-order valence-electron chi connectivity index (χ3n) is 3.21. The molecule has 1 aromatic heterocycles. The van der Waals surface area contributed by atoms with Gasteiger partial charge in [0.05, 0.1) is 0 Å². The van der Waals surface area contributed by atoms with Gasteiger partial charge in [0.25, 0.3) is 0 Å². The van der Waals surface area contributed by atoms with E-state index in [1.54, 1.807) is 39.1 Å². The van der Waals surface area contributed by atoms with Crippen molar-refractivity contribution in [2.75, 3.05) is 6.54 Å². The number of pyridine rings is 1. The molecule has 1 saturated heterocycles. The monoisotopic (exact) mass is 325 g/mol. The van der Waals surface area contributed by atoms with Gasteiger partial charge in [-0.05, 0) is 44.9 Å². The molecule has 7 heteroatoms. The van der Waals surface area contributed by atoms with Crippen molar-refractivity contribution in [3.63, 3.8) is 0 Å². The summed E-state index contributed by atoms with van der Waals surface area (Å²) in [5.74, 6) is -0.190. The van der Waals surface area contributed by atoms with Crippen molar-refractivity contribution in [3.05, 3.63) is 29.0 Å². The largest absolute Gasteiger partial charge is 0.444 e. The predicted octanol–water partition coefficient (Wildman–Crippen LogP) is 2.36. The van der Waals surface area contributed by atoms with Crippen molar-refractivity contribution in [2.24, 2.45) is 0 Å². The number of nitrogens with one attached hydrogen (secondary N) is 1. The average Bonchev–Trinajstić information content (AvgIpc) is 2.32. The van der Waals surface area contributed by atoms with Gasteiger partial charge >= 0.3 is 6.09 Å². The van der Waals surface area contributed by atoms with Crippen LogP contribution >= 0.6 is 11.6 Å². The molecule has 0 aromatic carbocycles. The van der Waals surface area contributed by atoms with Crippen LogP contribution in [0.1, 0.15) is 32.8 Å². The molecule has 6 nitrogen and oxygen atoms in total. The summed E-state index contributed by atoms with van der Waals surface area (Å²) in [6.45, 7) is 6.28. The molecule has 0 radical (unpaired) electrons. The summed E-state index contributed by atoms with van der Waals surface area (Å²) < 4.78 is 5.28. The minimum absolute atomic E-state index is 0.190. The second-order valence-corrected chi connectivity index (χ2v) is 6.57. The maximum Gasteiger partial charge on any atom is 0.410 e. The number of ether oxygens (including phenoxy) is 1. The Morgan fingerprint density at radius 1 is 1.50 bits per heavy atom. The van der Waals surface area contributed by atoms with Crippen molar-refractivity contribution in [3.8, 4) is 0 Å². The van der Waals surface area contributed by atoms with Crippen molar-refractivity contribution in [1.29, 1.82) is 0 Å². The fourth-order valence-corrected chi connectivity index (χ4v) is 2.26. The average molecular weight is 326 g/mol. The first-order valence-electron chi connectivity index (χ1n) is 7.14. The van der Waals surface area contributed by atoms with Crippen LogP contribution in [0.2, 0.25) is 5.15 Å². The maximum atomic E-state index is 12.2. The highest BCUT2D eigenvalue weighted by Crippen LogP contribution is 2.21. The van der Waals surface area contributed by atoms with E-state index in [1.165, 1.54) is 4.90 Å². The second kappa shape index (κ2) is 6.52. The third kappa shape index (κ3) is 4.34. The Kier molecular flexibility index (Phi) is 4.90. The molecule has 0 bridgehead atoms. The van der Waals surface area contributed by atoms with Gasteiger partial charge in [0.2, 0.25) is 5.91 Å². The van der Waals surface area contributed by atoms with Gasteiger partial charge < -0.3 is 10.1 Å². The quantitative estimate of drug-likeness (QED) is 0.866. The molecule has 1 N–H and O–H groups in total. The Bertz CT molecular complexity index is 571. The molecular formula is C15H20ClN3O3. The maximum absolute atomic E-state index is 12.2. The highest BCUT2D eigenvalue weighted by Gasteiger charge is 2.39. The van der Waals surface area contributed by atoms with E-state index in [1.807, 2.05) is 0 Å². The lowest BCUT2D eigenvalue weighted by Gasteiger charge is -2.40. The lowest BCUT2D eigenvalue weighted by atomic mass is 10.0. The first-order chi connectivity index (χ1) is 10.3. The summed E-state index contributed by atoms with van der Waals surface area (Å²) in [7, 11) is 0. The van der Waals surface area contributed by atoms with E-state index in [-0.39, 0.29) is 5.91 Å². The summed E-state index contributed by atoms with van der Waals surface area (Å²) in [5, 5.41) is 3.18. The Morgan fingerprint density at radius 3 is 2.77 bits per heavy atom. The number of nitrogens with zero attached hydrogens (tertiary/aromatic N) is 2. The molecule has 2 amide bonds. The number of amides is 2. The number of rotatable bonds is 3. The van der Waals surface area contributed by atoms with Gasteiger partial charge in [0, 0.05) is 19.3 Å². The van der Waals surface area contributed by atoms with Gasteiger partial charge in [-0.15, -0.1) is 0 Å². The predicted molar refractivity (Wildman–Crippen MR) is 82.4 cm³/mol. The summed E-state index contributed by atoms with van der Waals surface area (Å²) in [6, 6.07) is 3.00.